The number of hydrogen-bond donors (Lipinski definition) is 0. The summed E-state index contributed by atoms with van der Waals surface area (Å²) in [6, 6.07) is 3.45. The minimum atomic E-state index is -2.69. The van der Waals surface area contributed by atoms with Gasteiger partial charge in [-0.2, -0.15) is 0 Å². The molecule has 6 heteroatoms. The predicted octanol–water partition coefficient (Wildman–Crippen LogP) is 3.62. The minimum Gasteiger partial charge on any atom is -0.206 e. The molecule has 17 heavy (non-hydrogen) atoms. The molecule has 0 bridgehead atoms. The third-order valence-electron chi connectivity index (χ3n) is 2.47. The molecule has 0 aromatic carbocycles. The van der Waals surface area contributed by atoms with E-state index in [9.17, 15) is 8.78 Å². The first-order chi connectivity index (χ1) is 7.79. The second-order valence-electron chi connectivity index (χ2n) is 4.86. The number of fused-ring (bicyclic) bond motifs is 1. The molecule has 0 saturated carbocycles. The molecule has 0 amide bonds. The van der Waals surface area contributed by atoms with Crippen LogP contribution in [-0.2, 0) is 5.41 Å². The van der Waals surface area contributed by atoms with E-state index in [1.54, 1.807) is 12.1 Å². The molecule has 2 aromatic rings. The molecule has 0 fully saturated rings. The Bertz CT molecular complexity index is 558. The third-order valence-corrected chi connectivity index (χ3v) is 2.74. The van der Waals surface area contributed by atoms with Crippen LogP contribution in [0, 0.1) is 0 Å². The van der Waals surface area contributed by atoms with Crippen molar-refractivity contribution in [1.29, 1.82) is 0 Å². The molecule has 2 heterocycles. The normalized spacial score (nSPS) is 12.6. The Morgan fingerprint density at radius 3 is 2.47 bits per heavy atom. The van der Waals surface area contributed by atoms with Gasteiger partial charge in [-0.05, 0) is 23.1 Å². The van der Waals surface area contributed by atoms with Crippen molar-refractivity contribution in [2.75, 3.05) is 0 Å². The van der Waals surface area contributed by atoms with Crippen LogP contribution in [0.3, 0.4) is 0 Å². The van der Waals surface area contributed by atoms with Crippen molar-refractivity contribution in [2.24, 2.45) is 0 Å². The summed E-state index contributed by atoms with van der Waals surface area (Å²) < 4.78 is 26.2. The van der Waals surface area contributed by atoms with Crippen molar-refractivity contribution in [2.45, 2.75) is 32.6 Å². The van der Waals surface area contributed by atoms with Crippen molar-refractivity contribution in [3.8, 4) is 0 Å². The van der Waals surface area contributed by atoms with Crippen molar-refractivity contribution >= 4 is 17.2 Å². The van der Waals surface area contributed by atoms with Gasteiger partial charge in [-0.1, -0.05) is 32.4 Å². The summed E-state index contributed by atoms with van der Waals surface area (Å²) in [5, 5.41) is 3.94. The predicted molar refractivity (Wildman–Crippen MR) is 61.7 cm³/mol. The van der Waals surface area contributed by atoms with Crippen LogP contribution in [0.15, 0.2) is 12.1 Å². The summed E-state index contributed by atoms with van der Waals surface area (Å²) in [6.45, 7) is 6.04. The molecule has 0 aliphatic rings. The molecule has 3 nitrogen and oxygen atoms in total. The maximum Gasteiger partial charge on any atom is 0.299 e. The van der Waals surface area contributed by atoms with Crippen LogP contribution in [0.25, 0.3) is 5.65 Å². The number of nitrogens with zero attached hydrogens (tertiary/aromatic N) is 3. The van der Waals surface area contributed by atoms with Crippen LogP contribution < -0.4 is 0 Å². The number of aromatic nitrogens is 3. The highest BCUT2D eigenvalue weighted by molar-refractivity contribution is 6.29. The van der Waals surface area contributed by atoms with E-state index in [4.69, 9.17) is 11.6 Å². The molecule has 0 saturated heterocycles. The average molecular weight is 260 g/mol. The highest BCUT2D eigenvalue weighted by Gasteiger charge is 2.19. The first-order valence-corrected chi connectivity index (χ1v) is 5.51. The number of hydrogen-bond acceptors (Lipinski definition) is 2. The molecular weight excluding hydrogens is 248 g/mol. The summed E-state index contributed by atoms with van der Waals surface area (Å²) in [5.41, 5.74) is 1.16. The number of halogens is 3. The summed E-state index contributed by atoms with van der Waals surface area (Å²) in [6.07, 6.45) is -2.69. The third kappa shape index (κ3) is 2.24. The van der Waals surface area contributed by atoms with E-state index in [0.717, 1.165) is 5.56 Å². The van der Waals surface area contributed by atoms with Gasteiger partial charge in [-0.15, -0.1) is 5.10 Å². The summed E-state index contributed by atoms with van der Waals surface area (Å²) >= 11 is 6.00. The van der Waals surface area contributed by atoms with E-state index in [-0.39, 0.29) is 10.6 Å². The monoisotopic (exact) mass is 259 g/mol. The second kappa shape index (κ2) is 3.91. The Morgan fingerprint density at radius 2 is 1.94 bits per heavy atom. The highest BCUT2D eigenvalue weighted by atomic mass is 35.5. The molecule has 0 atom stereocenters. The topological polar surface area (TPSA) is 30.2 Å². The summed E-state index contributed by atoms with van der Waals surface area (Å²) in [7, 11) is 0. The molecule has 92 valence electrons. The fourth-order valence-corrected chi connectivity index (χ4v) is 1.73. The van der Waals surface area contributed by atoms with Crippen LogP contribution in [0.1, 0.15) is 38.6 Å². The molecular formula is C11H12ClF2N3. The zero-order valence-electron chi connectivity index (χ0n) is 9.71. The lowest BCUT2D eigenvalue weighted by molar-refractivity contribution is 0.140. The first kappa shape index (κ1) is 12.2. The van der Waals surface area contributed by atoms with Gasteiger partial charge in [0.05, 0.1) is 0 Å². The van der Waals surface area contributed by atoms with E-state index in [1.807, 2.05) is 20.8 Å². The van der Waals surface area contributed by atoms with Gasteiger partial charge in [0.25, 0.3) is 6.43 Å². The first-order valence-electron chi connectivity index (χ1n) is 5.14. The summed E-state index contributed by atoms with van der Waals surface area (Å²) in [5.74, 6) is -0.502. The molecule has 2 rings (SSSR count). The molecule has 0 N–H and O–H groups in total. The molecule has 0 spiro atoms. The smallest absolute Gasteiger partial charge is 0.206 e. The standard InChI is InChI=1S/C11H12ClF2N3/c1-11(2,3)6-4-7(12)17-8(5-6)15-10(16-17)9(13)14/h4-5,9H,1-3H3. The largest absolute Gasteiger partial charge is 0.299 e. The van der Waals surface area contributed by atoms with E-state index in [2.05, 4.69) is 10.1 Å². The minimum absolute atomic E-state index is 0.123. The average Bonchev–Trinajstić information content (AvgIpc) is 2.60. The second-order valence-corrected chi connectivity index (χ2v) is 5.24. The van der Waals surface area contributed by atoms with E-state index >= 15 is 0 Å². The Labute approximate surface area is 102 Å². The fraction of sp³-hybridized carbons (Fsp3) is 0.455. The number of rotatable bonds is 1. The molecule has 0 aliphatic heterocycles. The highest BCUT2D eigenvalue weighted by Crippen LogP contribution is 2.27. The van der Waals surface area contributed by atoms with Gasteiger partial charge in [0.2, 0.25) is 5.82 Å². The van der Waals surface area contributed by atoms with Crippen LogP contribution in [0.2, 0.25) is 5.15 Å². The Balaban J connectivity index is 2.65. The van der Waals surface area contributed by atoms with Gasteiger partial charge in [0.1, 0.15) is 5.15 Å². The van der Waals surface area contributed by atoms with E-state index in [1.165, 1.54) is 4.52 Å². The number of pyridine rings is 1. The van der Waals surface area contributed by atoms with Gasteiger partial charge in [0.15, 0.2) is 5.65 Å². The molecule has 2 aromatic heterocycles. The zero-order chi connectivity index (χ0) is 12.8. The van der Waals surface area contributed by atoms with Gasteiger partial charge >= 0.3 is 0 Å². The van der Waals surface area contributed by atoms with Gasteiger partial charge < -0.3 is 0 Å². The lowest BCUT2D eigenvalue weighted by Gasteiger charge is -2.19. The zero-order valence-corrected chi connectivity index (χ0v) is 10.5. The van der Waals surface area contributed by atoms with Crippen molar-refractivity contribution in [3.05, 3.63) is 28.7 Å². The van der Waals surface area contributed by atoms with Crippen LogP contribution in [0.4, 0.5) is 8.78 Å². The van der Waals surface area contributed by atoms with Gasteiger partial charge in [-0.3, -0.25) is 0 Å². The van der Waals surface area contributed by atoms with Crippen molar-refractivity contribution in [3.63, 3.8) is 0 Å². The maximum absolute atomic E-state index is 12.5. The quantitative estimate of drug-likeness (QED) is 0.732. The lowest BCUT2D eigenvalue weighted by atomic mass is 9.88. The van der Waals surface area contributed by atoms with Crippen molar-refractivity contribution < 1.29 is 8.78 Å². The van der Waals surface area contributed by atoms with E-state index in [0.29, 0.717) is 5.65 Å². The number of alkyl halides is 2. The molecule has 0 aliphatic carbocycles. The van der Waals surface area contributed by atoms with E-state index < -0.39 is 12.2 Å². The van der Waals surface area contributed by atoms with Crippen LogP contribution in [0.5, 0.6) is 0 Å². The molecule has 0 unspecified atom stereocenters. The Kier molecular flexibility index (Phi) is 2.81. The SMILES string of the molecule is CC(C)(C)c1cc(Cl)n2nc(C(F)F)nc2c1. The maximum atomic E-state index is 12.5. The van der Waals surface area contributed by atoms with Crippen LogP contribution >= 0.6 is 11.6 Å². The lowest BCUT2D eigenvalue weighted by Crippen LogP contribution is -2.11. The Morgan fingerprint density at radius 1 is 1.29 bits per heavy atom. The molecule has 0 radical (unpaired) electrons. The van der Waals surface area contributed by atoms with Crippen LogP contribution in [-0.4, -0.2) is 14.6 Å². The van der Waals surface area contributed by atoms with Gasteiger partial charge in [-0.25, -0.2) is 18.3 Å². The summed E-state index contributed by atoms with van der Waals surface area (Å²) in [4.78, 5) is 3.76. The van der Waals surface area contributed by atoms with Crippen molar-refractivity contribution in [1.82, 2.24) is 14.6 Å². The van der Waals surface area contributed by atoms with Gasteiger partial charge in [0, 0.05) is 0 Å². The Hall–Kier alpha value is -1.23. The fourth-order valence-electron chi connectivity index (χ4n) is 1.49.